The summed E-state index contributed by atoms with van der Waals surface area (Å²) in [5, 5.41) is 9.88. The fourth-order valence-corrected chi connectivity index (χ4v) is 1.44. The Balaban J connectivity index is 4.33. The number of hydrogen-bond donors (Lipinski definition) is 2. The minimum absolute atomic E-state index is 0.0511. The second kappa shape index (κ2) is 5.83. The molecular weight excluding hydrogens is 234 g/mol. The van der Waals surface area contributed by atoms with Crippen LogP contribution in [0.5, 0.6) is 0 Å². The number of aliphatic carboxylic acids is 1. The first-order valence-electron chi connectivity index (χ1n) is 4.89. The molecule has 0 aromatic rings. The maximum absolute atomic E-state index is 11.3. The van der Waals surface area contributed by atoms with Crippen LogP contribution in [-0.4, -0.2) is 43.5 Å². The first kappa shape index (κ1) is 14.9. The molecule has 1 amide bonds. The van der Waals surface area contributed by atoms with Crippen molar-refractivity contribution in [2.24, 2.45) is 5.92 Å². The van der Waals surface area contributed by atoms with Crippen molar-refractivity contribution in [2.75, 3.05) is 12.8 Å². The number of carboxylic acids is 1. The highest BCUT2D eigenvalue weighted by Gasteiger charge is 2.24. The van der Waals surface area contributed by atoms with Crippen LogP contribution in [0, 0.1) is 5.92 Å². The summed E-state index contributed by atoms with van der Waals surface area (Å²) in [4.78, 5) is 22.0. The SMILES string of the molecule is CCC(CNC(=O)C(C)S(C)(=O)=O)C(=O)O. The van der Waals surface area contributed by atoms with Gasteiger partial charge in [-0.05, 0) is 13.3 Å². The van der Waals surface area contributed by atoms with E-state index in [9.17, 15) is 18.0 Å². The average molecular weight is 251 g/mol. The van der Waals surface area contributed by atoms with Crippen molar-refractivity contribution < 1.29 is 23.1 Å². The van der Waals surface area contributed by atoms with Gasteiger partial charge in [-0.25, -0.2) is 8.42 Å². The van der Waals surface area contributed by atoms with Gasteiger partial charge in [0.15, 0.2) is 9.84 Å². The van der Waals surface area contributed by atoms with Crippen LogP contribution in [0.25, 0.3) is 0 Å². The van der Waals surface area contributed by atoms with E-state index < -0.39 is 32.9 Å². The van der Waals surface area contributed by atoms with Crippen LogP contribution in [-0.2, 0) is 19.4 Å². The van der Waals surface area contributed by atoms with Crippen molar-refractivity contribution >= 4 is 21.7 Å². The van der Waals surface area contributed by atoms with Crippen LogP contribution in [0.2, 0.25) is 0 Å². The van der Waals surface area contributed by atoms with Gasteiger partial charge in [0.1, 0.15) is 5.25 Å². The van der Waals surface area contributed by atoms with Crippen molar-refractivity contribution in [3.63, 3.8) is 0 Å². The van der Waals surface area contributed by atoms with Gasteiger partial charge >= 0.3 is 5.97 Å². The lowest BCUT2D eigenvalue weighted by molar-refractivity contribution is -0.141. The van der Waals surface area contributed by atoms with Crippen molar-refractivity contribution in [1.29, 1.82) is 0 Å². The van der Waals surface area contributed by atoms with E-state index >= 15 is 0 Å². The number of carbonyl (C=O) groups excluding carboxylic acids is 1. The molecule has 2 atom stereocenters. The minimum atomic E-state index is -3.44. The minimum Gasteiger partial charge on any atom is -0.481 e. The number of carboxylic acid groups (broad SMARTS) is 1. The first-order chi connectivity index (χ1) is 7.20. The molecule has 16 heavy (non-hydrogen) atoms. The molecule has 0 spiro atoms. The predicted octanol–water partition coefficient (Wildman–Crippen LogP) is -0.353. The largest absolute Gasteiger partial charge is 0.481 e. The molecule has 0 aromatic carbocycles. The van der Waals surface area contributed by atoms with Crippen LogP contribution < -0.4 is 5.32 Å². The zero-order valence-electron chi connectivity index (χ0n) is 9.56. The Bertz CT molecular complexity index is 362. The number of sulfone groups is 1. The molecule has 0 fully saturated rings. The Morgan fingerprint density at radius 1 is 1.38 bits per heavy atom. The smallest absolute Gasteiger partial charge is 0.308 e. The van der Waals surface area contributed by atoms with Crippen LogP contribution in [0.15, 0.2) is 0 Å². The molecule has 94 valence electrons. The second-order valence-electron chi connectivity index (χ2n) is 3.66. The first-order valence-corrected chi connectivity index (χ1v) is 6.85. The Hall–Kier alpha value is -1.11. The maximum Gasteiger partial charge on any atom is 0.308 e. The quantitative estimate of drug-likeness (QED) is 0.671. The fraction of sp³-hybridized carbons (Fsp3) is 0.778. The summed E-state index contributed by atoms with van der Waals surface area (Å²) in [7, 11) is -3.44. The number of amides is 1. The number of nitrogens with one attached hydrogen (secondary N) is 1. The molecule has 2 N–H and O–H groups in total. The molecule has 0 rings (SSSR count). The zero-order valence-corrected chi connectivity index (χ0v) is 10.4. The highest BCUT2D eigenvalue weighted by atomic mass is 32.2. The molecule has 0 aromatic heterocycles. The van der Waals surface area contributed by atoms with E-state index in [1.165, 1.54) is 6.92 Å². The summed E-state index contributed by atoms with van der Waals surface area (Å²) < 4.78 is 22.1. The lowest BCUT2D eigenvalue weighted by Gasteiger charge is -2.13. The van der Waals surface area contributed by atoms with E-state index in [2.05, 4.69) is 5.32 Å². The van der Waals surface area contributed by atoms with Crippen molar-refractivity contribution in [2.45, 2.75) is 25.5 Å². The summed E-state index contributed by atoms with van der Waals surface area (Å²) in [6.07, 6.45) is 1.34. The number of hydrogen-bond acceptors (Lipinski definition) is 4. The second-order valence-corrected chi connectivity index (χ2v) is 6.03. The van der Waals surface area contributed by atoms with Gasteiger partial charge in [-0.3, -0.25) is 9.59 Å². The van der Waals surface area contributed by atoms with E-state index in [1.807, 2.05) is 0 Å². The molecule has 0 aliphatic rings. The van der Waals surface area contributed by atoms with Gasteiger partial charge in [0.25, 0.3) is 0 Å². The van der Waals surface area contributed by atoms with Gasteiger partial charge in [0, 0.05) is 12.8 Å². The standard InChI is InChI=1S/C9H17NO5S/c1-4-7(9(12)13)5-10-8(11)6(2)16(3,14)15/h6-7H,4-5H2,1-3H3,(H,10,11)(H,12,13). The summed E-state index contributed by atoms with van der Waals surface area (Å²) >= 11 is 0. The molecule has 0 bridgehead atoms. The third-order valence-electron chi connectivity index (χ3n) is 2.38. The summed E-state index contributed by atoms with van der Waals surface area (Å²) in [6.45, 7) is 2.90. The molecule has 0 saturated carbocycles. The Kier molecular flexibility index (Phi) is 5.43. The van der Waals surface area contributed by atoms with Gasteiger partial charge in [-0.1, -0.05) is 6.92 Å². The van der Waals surface area contributed by atoms with E-state index in [0.29, 0.717) is 6.42 Å². The monoisotopic (exact) mass is 251 g/mol. The molecule has 6 nitrogen and oxygen atoms in total. The molecular formula is C9H17NO5S. The topological polar surface area (TPSA) is 101 Å². The predicted molar refractivity (Wildman–Crippen MR) is 58.7 cm³/mol. The van der Waals surface area contributed by atoms with Gasteiger partial charge < -0.3 is 10.4 Å². The zero-order chi connectivity index (χ0) is 12.9. The third-order valence-corrected chi connectivity index (χ3v) is 3.87. The van der Waals surface area contributed by atoms with Crippen LogP contribution in [0.1, 0.15) is 20.3 Å². The summed E-state index contributed by atoms with van der Waals surface area (Å²) in [6, 6.07) is 0. The molecule has 0 aliphatic heterocycles. The molecule has 0 aliphatic carbocycles. The van der Waals surface area contributed by atoms with Crippen LogP contribution >= 0.6 is 0 Å². The number of rotatable bonds is 6. The average Bonchev–Trinajstić information content (AvgIpc) is 2.15. The Morgan fingerprint density at radius 3 is 2.19 bits per heavy atom. The Morgan fingerprint density at radius 2 is 1.88 bits per heavy atom. The van der Waals surface area contributed by atoms with E-state index in [-0.39, 0.29) is 6.54 Å². The number of carbonyl (C=O) groups is 2. The lowest BCUT2D eigenvalue weighted by Crippen LogP contribution is -2.40. The molecule has 0 radical (unpaired) electrons. The third kappa shape index (κ3) is 4.61. The van der Waals surface area contributed by atoms with E-state index in [4.69, 9.17) is 5.11 Å². The van der Waals surface area contributed by atoms with Gasteiger partial charge in [0.05, 0.1) is 5.92 Å². The normalized spacial score (nSPS) is 15.2. The van der Waals surface area contributed by atoms with Gasteiger partial charge in [-0.2, -0.15) is 0 Å². The molecule has 7 heteroatoms. The van der Waals surface area contributed by atoms with Crippen LogP contribution in [0.3, 0.4) is 0 Å². The summed E-state index contributed by atoms with van der Waals surface area (Å²) in [5.41, 5.74) is 0. The lowest BCUT2D eigenvalue weighted by atomic mass is 10.1. The molecule has 0 saturated heterocycles. The molecule has 2 unspecified atom stereocenters. The van der Waals surface area contributed by atoms with Crippen LogP contribution in [0.4, 0.5) is 0 Å². The van der Waals surface area contributed by atoms with E-state index in [0.717, 1.165) is 6.26 Å². The highest BCUT2D eigenvalue weighted by Crippen LogP contribution is 2.02. The fourth-order valence-electron chi connectivity index (χ4n) is 0.968. The maximum atomic E-state index is 11.3. The highest BCUT2D eigenvalue weighted by molar-refractivity contribution is 7.92. The van der Waals surface area contributed by atoms with Gasteiger partial charge in [-0.15, -0.1) is 0 Å². The van der Waals surface area contributed by atoms with Crippen molar-refractivity contribution in [3.05, 3.63) is 0 Å². The van der Waals surface area contributed by atoms with Crippen molar-refractivity contribution in [3.8, 4) is 0 Å². The summed E-state index contributed by atoms with van der Waals surface area (Å²) in [5.74, 6) is -2.35. The molecule has 0 heterocycles. The van der Waals surface area contributed by atoms with Gasteiger partial charge in [0.2, 0.25) is 5.91 Å². The Labute approximate surface area is 95.0 Å². The van der Waals surface area contributed by atoms with Crippen molar-refractivity contribution in [1.82, 2.24) is 5.32 Å². The van der Waals surface area contributed by atoms with E-state index in [1.54, 1.807) is 6.92 Å².